The standard InChI is InChI=1S/C28H32ClN5O5/c1-30-23(19-20-9-4-2-5-10-20)26(36)34(27(30)37)39-28(38)33-17-15-31(16-18-33)22-12-8-11-21(24(22)29)25(35)32-13-6-3-7-14-32/h2,4-5,8-12,23H,3,6-7,13-19H2,1H3. The number of likely N-dealkylation sites (N-methyl/N-ethyl adjacent to an activating group) is 1. The van der Waals surface area contributed by atoms with Crippen LogP contribution < -0.4 is 4.90 Å². The fourth-order valence-corrected chi connectivity index (χ4v) is 5.61. The second-order valence-corrected chi connectivity index (χ2v) is 10.4. The molecule has 10 nitrogen and oxygen atoms in total. The Labute approximate surface area is 232 Å². The van der Waals surface area contributed by atoms with E-state index in [1.165, 1.54) is 16.8 Å². The Balaban J connectivity index is 1.19. The maximum atomic E-state index is 13.1. The zero-order valence-corrected chi connectivity index (χ0v) is 22.7. The number of urea groups is 1. The molecule has 0 spiro atoms. The Morgan fingerprint density at radius 3 is 2.26 bits per heavy atom. The number of hydrogen-bond donors (Lipinski definition) is 0. The minimum Gasteiger partial charge on any atom is -0.367 e. The summed E-state index contributed by atoms with van der Waals surface area (Å²) in [6, 6.07) is 13.4. The van der Waals surface area contributed by atoms with E-state index in [1.54, 1.807) is 6.07 Å². The molecule has 0 aliphatic carbocycles. The van der Waals surface area contributed by atoms with Crippen molar-refractivity contribution in [1.29, 1.82) is 0 Å². The molecular formula is C28H32ClN5O5. The van der Waals surface area contributed by atoms with Crippen LogP contribution in [0.5, 0.6) is 0 Å². The van der Waals surface area contributed by atoms with Crippen molar-refractivity contribution in [2.45, 2.75) is 31.7 Å². The average Bonchev–Trinajstić information content (AvgIpc) is 3.16. The van der Waals surface area contributed by atoms with Crippen molar-refractivity contribution in [3.63, 3.8) is 0 Å². The van der Waals surface area contributed by atoms with E-state index in [0.717, 1.165) is 43.6 Å². The molecule has 0 saturated carbocycles. The van der Waals surface area contributed by atoms with Crippen molar-refractivity contribution in [2.75, 3.05) is 51.2 Å². The molecular weight excluding hydrogens is 522 g/mol. The van der Waals surface area contributed by atoms with Gasteiger partial charge in [-0.3, -0.25) is 9.59 Å². The molecule has 3 saturated heterocycles. The number of piperidine rings is 1. The normalized spacial score (nSPS) is 20.1. The topological polar surface area (TPSA) is 93.7 Å². The van der Waals surface area contributed by atoms with Gasteiger partial charge >= 0.3 is 12.1 Å². The van der Waals surface area contributed by atoms with E-state index in [2.05, 4.69) is 0 Å². The first kappa shape index (κ1) is 26.8. The highest BCUT2D eigenvalue weighted by molar-refractivity contribution is 6.36. The highest BCUT2D eigenvalue weighted by Crippen LogP contribution is 2.31. The van der Waals surface area contributed by atoms with Gasteiger partial charge in [-0.2, -0.15) is 0 Å². The molecule has 0 aromatic heterocycles. The van der Waals surface area contributed by atoms with Gasteiger partial charge in [0.2, 0.25) is 0 Å². The number of likely N-dealkylation sites (tertiary alicyclic amines) is 1. The molecule has 0 bridgehead atoms. The van der Waals surface area contributed by atoms with Crippen LogP contribution in [-0.4, -0.2) is 96.1 Å². The van der Waals surface area contributed by atoms with Gasteiger partial charge in [0, 0.05) is 52.7 Å². The quantitative estimate of drug-likeness (QED) is 0.525. The van der Waals surface area contributed by atoms with Crippen LogP contribution in [0.1, 0.15) is 35.2 Å². The molecule has 5 rings (SSSR count). The van der Waals surface area contributed by atoms with Crippen LogP contribution >= 0.6 is 11.6 Å². The first-order chi connectivity index (χ1) is 18.8. The van der Waals surface area contributed by atoms with Gasteiger partial charge in [0.05, 0.1) is 16.3 Å². The number of piperazine rings is 1. The molecule has 3 aliphatic heterocycles. The van der Waals surface area contributed by atoms with Crippen molar-refractivity contribution in [3.05, 3.63) is 64.7 Å². The molecule has 0 radical (unpaired) electrons. The fraction of sp³-hybridized carbons (Fsp3) is 0.429. The predicted octanol–water partition coefficient (Wildman–Crippen LogP) is 3.65. The highest BCUT2D eigenvalue weighted by Gasteiger charge is 2.46. The lowest BCUT2D eigenvalue weighted by molar-refractivity contribution is -0.151. The van der Waals surface area contributed by atoms with Gasteiger partial charge in [-0.1, -0.05) is 53.1 Å². The third-order valence-electron chi connectivity index (χ3n) is 7.60. The number of benzene rings is 2. The van der Waals surface area contributed by atoms with E-state index < -0.39 is 24.1 Å². The lowest BCUT2D eigenvalue weighted by atomic mass is 10.1. The number of hydrogen-bond acceptors (Lipinski definition) is 6. The van der Waals surface area contributed by atoms with Gasteiger partial charge in [0.25, 0.3) is 11.8 Å². The minimum absolute atomic E-state index is 0.0563. The zero-order valence-electron chi connectivity index (χ0n) is 21.9. The van der Waals surface area contributed by atoms with Crippen molar-refractivity contribution >= 4 is 41.2 Å². The van der Waals surface area contributed by atoms with Gasteiger partial charge in [-0.15, -0.1) is 0 Å². The monoisotopic (exact) mass is 553 g/mol. The third kappa shape index (κ3) is 5.52. The molecule has 206 valence electrons. The summed E-state index contributed by atoms with van der Waals surface area (Å²) >= 11 is 6.71. The highest BCUT2D eigenvalue weighted by atomic mass is 35.5. The first-order valence-corrected chi connectivity index (χ1v) is 13.7. The number of amides is 5. The van der Waals surface area contributed by atoms with Crippen molar-refractivity contribution in [2.24, 2.45) is 0 Å². The number of hydroxylamine groups is 2. The minimum atomic E-state index is -0.759. The summed E-state index contributed by atoms with van der Waals surface area (Å²) in [7, 11) is 1.52. The van der Waals surface area contributed by atoms with Crippen molar-refractivity contribution in [1.82, 2.24) is 19.8 Å². The summed E-state index contributed by atoms with van der Waals surface area (Å²) in [6.07, 6.45) is 2.70. The predicted molar refractivity (Wildman–Crippen MR) is 145 cm³/mol. The summed E-state index contributed by atoms with van der Waals surface area (Å²) in [5, 5.41) is 0.972. The molecule has 1 unspecified atom stereocenters. The molecule has 3 fully saturated rings. The molecule has 3 heterocycles. The number of nitrogens with zero attached hydrogens (tertiary/aromatic N) is 5. The average molecular weight is 554 g/mol. The SMILES string of the molecule is CN1C(=O)N(OC(=O)N2CCN(c3cccc(C(=O)N4CCCCC4)c3Cl)CC2)C(=O)C1Cc1ccccc1. The summed E-state index contributed by atoms with van der Waals surface area (Å²) < 4.78 is 0. The number of carbonyl (C=O) groups is 4. The Morgan fingerprint density at radius 1 is 0.872 bits per heavy atom. The first-order valence-electron chi connectivity index (χ1n) is 13.3. The Bertz CT molecular complexity index is 1240. The number of carbonyl (C=O) groups excluding carboxylic acids is 4. The van der Waals surface area contributed by atoms with E-state index in [9.17, 15) is 19.2 Å². The van der Waals surface area contributed by atoms with Crippen LogP contribution in [0.2, 0.25) is 5.02 Å². The van der Waals surface area contributed by atoms with E-state index in [1.807, 2.05) is 52.3 Å². The molecule has 1 atom stereocenters. The second-order valence-electron chi connectivity index (χ2n) is 10.1. The molecule has 3 aliphatic rings. The number of imide groups is 1. The van der Waals surface area contributed by atoms with Gasteiger partial charge in [-0.05, 0) is 37.0 Å². The largest absolute Gasteiger partial charge is 0.434 e. The molecule has 2 aromatic carbocycles. The molecule has 2 aromatic rings. The van der Waals surface area contributed by atoms with Crippen molar-refractivity contribution < 1.29 is 24.0 Å². The van der Waals surface area contributed by atoms with E-state index in [-0.39, 0.29) is 5.91 Å². The van der Waals surface area contributed by atoms with Crippen LogP contribution in [0, 0.1) is 0 Å². The van der Waals surface area contributed by atoms with Crippen LogP contribution in [0.4, 0.5) is 15.3 Å². The summed E-state index contributed by atoms with van der Waals surface area (Å²) in [6.45, 7) is 3.00. The van der Waals surface area contributed by atoms with Gasteiger partial charge in [0.1, 0.15) is 6.04 Å². The lowest BCUT2D eigenvalue weighted by Gasteiger charge is -2.36. The van der Waals surface area contributed by atoms with Crippen LogP contribution in [0.15, 0.2) is 48.5 Å². The van der Waals surface area contributed by atoms with Gasteiger partial charge < -0.3 is 24.4 Å². The van der Waals surface area contributed by atoms with Crippen molar-refractivity contribution in [3.8, 4) is 0 Å². The van der Waals surface area contributed by atoms with Crippen LogP contribution in [0.3, 0.4) is 0 Å². The van der Waals surface area contributed by atoms with Gasteiger partial charge in [0.15, 0.2) is 0 Å². The third-order valence-corrected chi connectivity index (χ3v) is 8.00. The Kier molecular flexibility index (Phi) is 7.92. The Morgan fingerprint density at radius 2 is 1.56 bits per heavy atom. The second kappa shape index (κ2) is 11.5. The summed E-state index contributed by atoms with van der Waals surface area (Å²) in [5.41, 5.74) is 2.13. The Hall–Kier alpha value is -3.79. The van der Waals surface area contributed by atoms with E-state index in [4.69, 9.17) is 16.4 Å². The van der Waals surface area contributed by atoms with Crippen LogP contribution in [0.25, 0.3) is 0 Å². The van der Waals surface area contributed by atoms with Crippen LogP contribution in [-0.2, 0) is 16.1 Å². The lowest BCUT2D eigenvalue weighted by Crippen LogP contribution is -2.51. The number of halogens is 1. The molecule has 39 heavy (non-hydrogen) atoms. The van der Waals surface area contributed by atoms with E-state index in [0.29, 0.717) is 48.2 Å². The maximum Gasteiger partial charge on any atom is 0.434 e. The molecule has 5 amide bonds. The molecule has 0 N–H and O–H groups in total. The summed E-state index contributed by atoms with van der Waals surface area (Å²) in [5.74, 6) is -0.625. The smallest absolute Gasteiger partial charge is 0.367 e. The molecule has 11 heteroatoms. The summed E-state index contributed by atoms with van der Waals surface area (Å²) in [4.78, 5) is 63.5. The maximum absolute atomic E-state index is 13.1. The van der Waals surface area contributed by atoms with E-state index >= 15 is 0 Å². The van der Waals surface area contributed by atoms with Gasteiger partial charge in [-0.25, -0.2) is 9.59 Å². The fourth-order valence-electron chi connectivity index (χ4n) is 5.28. The number of rotatable bonds is 5. The zero-order chi connectivity index (χ0) is 27.5. The number of anilines is 1.